The maximum atomic E-state index is 13.4. The molecule has 2 aliphatic carbocycles. The van der Waals surface area contributed by atoms with Crippen molar-refractivity contribution in [1.82, 2.24) is 4.90 Å². The molecule has 21 heavy (non-hydrogen) atoms. The molecular formula is C14H19F2N3O2. The Morgan fingerprint density at radius 2 is 2.10 bits per heavy atom. The fourth-order valence-electron chi connectivity index (χ4n) is 3.62. The van der Waals surface area contributed by atoms with Crippen molar-refractivity contribution in [1.29, 1.82) is 5.41 Å². The van der Waals surface area contributed by atoms with E-state index in [1.807, 2.05) is 4.90 Å². The van der Waals surface area contributed by atoms with Crippen LogP contribution in [0.25, 0.3) is 0 Å². The highest BCUT2D eigenvalue weighted by molar-refractivity contribution is 6.05. The number of hydrogen-bond acceptors (Lipinski definition) is 5. The number of methoxy groups -OCH3 is 1. The van der Waals surface area contributed by atoms with Crippen molar-refractivity contribution >= 4 is 11.7 Å². The van der Waals surface area contributed by atoms with Gasteiger partial charge in [0.05, 0.1) is 7.11 Å². The summed E-state index contributed by atoms with van der Waals surface area (Å²) in [6, 6.07) is 0. The Morgan fingerprint density at radius 3 is 2.57 bits per heavy atom. The molecule has 0 bridgehead atoms. The second-order valence-corrected chi connectivity index (χ2v) is 6.12. The standard InChI is InChI=1S/C14H19F2N3O2/c1-21-11(20)4-8-9-5-19(6-10(8)9)13(18)7-2-3-14(15,16)12(7)17/h8-10,17H,2-6,18H2,1H3/b13-7+,17-12?/t8-,9-,10+. The van der Waals surface area contributed by atoms with E-state index in [9.17, 15) is 13.6 Å². The summed E-state index contributed by atoms with van der Waals surface area (Å²) in [5, 5.41) is 7.55. The average Bonchev–Trinajstić information content (AvgIpc) is 2.80. The van der Waals surface area contributed by atoms with Gasteiger partial charge >= 0.3 is 5.97 Å². The molecular weight excluding hydrogens is 280 g/mol. The zero-order valence-electron chi connectivity index (χ0n) is 11.9. The van der Waals surface area contributed by atoms with Crippen LogP contribution < -0.4 is 5.73 Å². The van der Waals surface area contributed by atoms with Crippen molar-refractivity contribution in [2.45, 2.75) is 25.2 Å². The van der Waals surface area contributed by atoms with Crippen molar-refractivity contribution in [3.05, 3.63) is 11.4 Å². The molecule has 2 saturated carbocycles. The molecule has 3 aliphatic rings. The SMILES string of the molecule is COC(=O)C[C@@H]1[C@H]2CN(/C(N)=C3\CCC(F)(F)C3=N)C[C@@H]12. The van der Waals surface area contributed by atoms with Crippen LogP contribution in [0.5, 0.6) is 0 Å². The first kappa shape index (κ1) is 14.3. The number of piperidine rings is 1. The van der Waals surface area contributed by atoms with Gasteiger partial charge in [0.25, 0.3) is 5.92 Å². The fourth-order valence-corrected chi connectivity index (χ4v) is 3.62. The third-order valence-electron chi connectivity index (χ3n) is 5.01. The number of nitrogens with one attached hydrogen (secondary N) is 1. The second kappa shape index (κ2) is 4.68. The van der Waals surface area contributed by atoms with E-state index in [1.165, 1.54) is 7.11 Å². The van der Waals surface area contributed by atoms with Crippen LogP contribution in [0.1, 0.15) is 19.3 Å². The summed E-state index contributed by atoms with van der Waals surface area (Å²) in [4.78, 5) is 13.1. The molecule has 116 valence electrons. The van der Waals surface area contributed by atoms with Gasteiger partial charge < -0.3 is 15.4 Å². The summed E-state index contributed by atoms with van der Waals surface area (Å²) in [7, 11) is 1.38. The third kappa shape index (κ3) is 2.28. The number of allylic oxidation sites excluding steroid dienone is 1. The van der Waals surface area contributed by atoms with E-state index in [0.717, 1.165) is 0 Å². The van der Waals surface area contributed by atoms with Crippen molar-refractivity contribution < 1.29 is 18.3 Å². The van der Waals surface area contributed by atoms with E-state index in [0.29, 0.717) is 43.1 Å². The van der Waals surface area contributed by atoms with Crippen LogP contribution in [0.3, 0.4) is 0 Å². The Hall–Kier alpha value is -1.66. The van der Waals surface area contributed by atoms with Crippen LogP contribution in [-0.4, -0.2) is 42.7 Å². The van der Waals surface area contributed by atoms with Gasteiger partial charge in [0.15, 0.2) is 0 Å². The van der Waals surface area contributed by atoms with E-state index < -0.39 is 11.6 Å². The number of nitrogens with two attached hydrogens (primary N) is 1. The Morgan fingerprint density at radius 1 is 1.48 bits per heavy atom. The highest BCUT2D eigenvalue weighted by Crippen LogP contribution is 2.54. The maximum Gasteiger partial charge on any atom is 0.305 e. The van der Waals surface area contributed by atoms with Gasteiger partial charge in [0.2, 0.25) is 0 Å². The molecule has 3 fully saturated rings. The Labute approximate surface area is 121 Å². The minimum Gasteiger partial charge on any atom is -0.469 e. The first-order chi connectivity index (χ1) is 9.85. The summed E-state index contributed by atoms with van der Waals surface area (Å²) in [5.41, 5.74) is 5.64. The van der Waals surface area contributed by atoms with Crippen LogP contribution in [-0.2, 0) is 9.53 Å². The average molecular weight is 299 g/mol. The van der Waals surface area contributed by atoms with Gasteiger partial charge in [-0.2, -0.15) is 8.78 Å². The van der Waals surface area contributed by atoms with Crippen molar-refractivity contribution in [2.75, 3.05) is 20.2 Å². The number of ether oxygens (including phenoxy) is 1. The highest BCUT2D eigenvalue weighted by atomic mass is 19.3. The molecule has 1 heterocycles. The molecule has 0 unspecified atom stereocenters. The Balaban J connectivity index is 1.62. The first-order valence-corrected chi connectivity index (χ1v) is 7.12. The summed E-state index contributed by atoms with van der Waals surface area (Å²) in [6.07, 6.45) is 0.257. The molecule has 1 saturated heterocycles. The lowest BCUT2D eigenvalue weighted by Crippen LogP contribution is -2.32. The lowest BCUT2D eigenvalue weighted by molar-refractivity contribution is -0.141. The molecule has 5 nitrogen and oxygen atoms in total. The molecule has 1 aliphatic heterocycles. The molecule has 0 aromatic heterocycles. The van der Waals surface area contributed by atoms with Gasteiger partial charge in [-0.1, -0.05) is 0 Å². The fraction of sp³-hybridized carbons (Fsp3) is 0.714. The van der Waals surface area contributed by atoms with Crippen LogP contribution in [0.2, 0.25) is 0 Å². The van der Waals surface area contributed by atoms with Gasteiger partial charge in [-0.3, -0.25) is 10.2 Å². The maximum absolute atomic E-state index is 13.4. The molecule has 3 N–H and O–H groups in total. The van der Waals surface area contributed by atoms with Crippen LogP contribution >= 0.6 is 0 Å². The van der Waals surface area contributed by atoms with Crippen molar-refractivity contribution in [3.8, 4) is 0 Å². The predicted octanol–water partition coefficient (Wildman–Crippen LogP) is 1.35. The number of carbonyl (C=O) groups is 1. The summed E-state index contributed by atoms with van der Waals surface area (Å²) in [5.74, 6) is -1.82. The molecule has 0 aromatic rings. The quantitative estimate of drug-likeness (QED) is 0.771. The van der Waals surface area contributed by atoms with Crippen molar-refractivity contribution in [3.63, 3.8) is 0 Å². The minimum absolute atomic E-state index is 0.162. The number of esters is 1. The van der Waals surface area contributed by atoms with Crippen molar-refractivity contribution in [2.24, 2.45) is 23.5 Å². The summed E-state index contributed by atoms with van der Waals surface area (Å²) < 4.78 is 31.4. The number of rotatable bonds is 3. The lowest BCUT2D eigenvalue weighted by atomic mass is 10.1. The van der Waals surface area contributed by atoms with E-state index in [1.54, 1.807) is 0 Å². The minimum atomic E-state index is -3.05. The first-order valence-electron chi connectivity index (χ1n) is 7.12. The number of alkyl halides is 2. The second-order valence-electron chi connectivity index (χ2n) is 6.12. The van der Waals surface area contributed by atoms with E-state index in [4.69, 9.17) is 11.1 Å². The molecule has 7 heteroatoms. The van der Waals surface area contributed by atoms with Crippen LogP contribution in [0.15, 0.2) is 11.4 Å². The highest BCUT2D eigenvalue weighted by Gasteiger charge is 2.57. The largest absolute Gasteiger partial charge is 0.469 e. The van der Waals surface area contributed by atoms with Gasteiger partial charge in [0.1, 0.15) is 11.5 Å². The number of hydrogen-bond donors (Lipinski definition) is 2. The third-order valence-corrected chi connectivity index (χ3v) is 5.01. The van der Waals surface area contributed by atoms with E-state index in [2.05, 4.69) is 4.74 Å². The zero-order valence-corrected chi connectivity index (χ0v) is 11.9. The number of nitrogens with zero attached hydrogens (tertiary/aromatic N) is 1. The lowest BCUT2D eigenvalue weighted by Gasteiger charge is -2.24. The molecule has 0 aromatic carbocycles. The number of fused-ring (bicyclic) bond motifs is 1. The van der Waals surface area contributed by atoms with Gasteiger partial charge in [-0.25, -0.2) is 0 Å². The van der Waals surface area contributed by atoms with E-state index in [-0.39, 0.29) is 24.4 Å². The smallest absolute Gasteiger partial charge is 0.305 e. The van der Waals surface area contributed by atoms with Gasteiger partial charge in [-0.05, 0) is 24.2 Å². The molecule has 0 amide bonds. The number of likely N-dealkylation sites (tertiary alicyclic amines) is 1. The molecule has 0 radical (unpaired) electrons. The van der Waals surface area contributed by atoms with Crippen LogP contribution in [0.4, 0.5) is 8.78 Å². The van der Waals surface area contributed by atoms with Gasteiger partial charge in [-0.15, -0.1) is 0 Å². The molecule has 0 spiro atoms. The predicted molar refractivity (Wildman–Crippen MR) is 71.8 cm³/mol. The van der Waals surface area contributed by atoms with Crippen LogP contribution in [0, 0.1) is 23.2 Å². The molecule has 3 rings (SSSR count). The number of halogens is 2. The van der Waals surface area contributed by atoms with E-state index >= 15 is 0 Å². The Kier molecular flexibility index (Phi) is 3.18. The Bertz CT molecular complexity index is 520. The zero-order chi connectivity index (χ0) is 15.4. The monoisotopic (exact) mass is 299 g/mol. The normalized spacial score (nSPS) is 35.7. The molecule has 3 atom stereocenters. The van der Waals surface area contributed by atoms with Gasteiger partial charge in [0, 0.05) is 31.5 Å². The topological polar surface area (TPSA) is 79.4 Å². The summed E-state index contributed by atoms with van der Waals surface area (Å²) in [6.45, 7) is 1.36. The number of carbonyl (C=O) groups excluding carboxylic acids is 1. The summed E-state index contributed by atoms with van der Waals surface area (Å²) >= 11 is 0.